The number of ether oxygens (including phenoxy) is 4. The zero-order valence-corrected chi connectivity index (χ0v) is 19.9. The third-order valence-electron chi connectivity index (χ3n) is 5.05. The number of alkyl halides is 3. The number of halogens is 4. The molecule has 2 unspecified atom stereocenters. The molecule has 2 atom stereocenters. The maximum absolute atomic E-state index is 12.4. The van der Waals surface area contributed by atoms with Crippen LogP contribution in [-0.4, -0.2) is 76.3 Å². The quantitative estimate of drug-likeness (QED) is 0.328. The average molecular weight is 559 g/mol. The van der Waals surface area contributed by atoms with Crippen molar-refractivity contribution in [2.24, 2.45) is 4.99 Å². The van der Waals surface area contributed by atoms with Crippen molar-refractivity contribution in [3.05, 3.63) is 23.8 Å². The van der Waals surface area contributed by atoms with E-state index in [9.17, 15) is 13.2 Å². The van der Waals surface area contributed by atoms with Crippen molar-refractivity contribution in [3.63, 3.8) is 0 Å². The molecule has 0 aliphatic carbocycles. The second kappa shape index (κ2) is 12.0. The first-order valence-electron chi connectivity index (χ1n) is 9.95. The summed E-state index contributed by atoms with van der Waals surface area (Å²) in [4.78, 5) is 6.49. The monoisotopic (exact) mass is 559 g/mol. The van der Waals surface area contributed by atoms with Crippen LogP contribution in [0.1, 0.15) is 18.4 Å². The summed E-state index contributed by atoms with van der Waals surface area (Å²) < 4.78 is 58.8. The molecule has 0 bridgehead atoms. The molecular weight excluding hydrogens is 530 g/mol. The molecule has 0 aromatic heterocycles. The van der Waals surface area contributed by atoms with Crippen LogP contribution in [0.4, 0.5) is 13.2 Å². The molecule has 2 saturated heterocycles. The van der Waals surface area contributed by atoms with Gasteiger partial charge in [-0.1, -0.05) is 6.07 Å². The molecule has 176 valence electrons. The molecule has 1 N–H and O–H groups in total. The minimum Gasteiger partial charge on any atom is -0.493 e. The van der Waals surface area contributed by atoms with E-state index in [2.05, 4.69) is 15.2 Å². The third kappa shape index (κ3) is 7.56. The molecule has 0 radical (unpaired) electrons. The number of nitrogens with one attached hydrogen (secondary N) is 1. The maximum atomic E-state index is 12.4. The molecule has 0 amide bonds. The van der Waals surface area contributed by atoms with Gasteiger partial charge in [0.05, 0.1) is 19.8 Å². The smallest absolute Gasteiger partial charge is 0.422 e. The van der Waals surface area contributed by atoms with E-state index in [-0.39, 0.29) is 47.7 Å². The molecule has 2 heterocycles. The van der Waals surface area contributed by atoms with E-state index in [0.29, 0.717) is 19.7 Å². The molecule has 2 aliphatic heterocycles. The molecular formula is C20H29F3IN3O4. The van der Waals surface area contributed by atoms with Crippen LogP contribution < -0.4 is 14.8 Å². The molecule has 0 spiro atoms. The van der Waals surface area contributed by atoms with E-state index in [1.54, 1.807) is 19.2 Å². The number of hydrogen-bond acceptors (Lipinski definition) is 5. The molecule has 1 aromatic rings. The summed E-state index contributed by atoms with van der Waals surface area (Å²) in [6, 6.07) is 4.83. The van der Waals surface area contributed by atoms with Gasteiger partial charge in [0, 0.05) is 33.3 Å². The lowest BCUT2D eigenvalue weighted by Crippen LogP contribution is -2.53. The number of benzene rings is 1. The Balaban J connectivity index is 0.00000341. The highest BCUT2D eigenvalue weighted by molar-refractivity contribution is 14.0. The van der Waals surface area contributed by atoms with Crippen molar-refractivity contribution in [3.8, 4) is 11.5 Å². The van der Waals surface area contributed by atoms with E-state index in [4.69, 9.17) is 18.9 Å². The van der Waals surface area contributed by atoms with Gasteiger partial charge < -0.3 is 29.2 Å². The van der Waals surface area contributed by atoms with Gasteiger partial charge in [0.2, 0.25) is 0 Å². The number of rotatable bonds is 6. The summed E-state index contributed by atoms with van der Waals surface area (Å²) in [5, 5.41) is 3.30. The first-order valence-corrected chi connectivity index (χ1v) is 9.95. The Morgan fingerprint density at radius 1 is 1.23 bits per heavy atom. The number of methoxy groups -OCH3 is 1. The summed E-state index contributed by atoms with van der Waals surface area (Å²) in [5.74, 6) is 1.03. The Morgan fingerprint density at radius 3 is 2.65 bits per heavy atom. The summed E-state index contributed by atoms with van der Waals surface area (Å²) in [7, 11) is 3.11. The van der Waals surface area contributed by atoms with Gasteiger partial charge in [-0.15, -0.1) is 24.0 Å². The van der Waals surface area contributed by atoms with E-state index in [1.807, 2.05) is 0 Å². The predicted molar refractivity (Wildman–Crippen MR) is 120 cm³/mol. The number of nitrogens with zero attached hydrogens (tertiary/aromatic N) is 2. The molecule has 11 heteroatoms. The lowest BCUT2D eigenvalue weighted by Gasteiger charge is -2.37. The number of morpholine rings is 1. The first kappa shape index (κ1) is 25.8. The van der Waals surface area contributed by atoms with Gasteiger partial charge in [-0.05, 0) is 30.5 Å². The Kier molecular flexibility index (Phi) is 9.94. The lowest BCUT2D eigenvalue weighted by molar-refractivity contribution is -0.153. The van der Waals surface area contributed by atoms with Crippen LogP contribution in [-0.2, 0) is 16.0 Å². The molecule has 2 aliphatic rings. The number of aliphatic imine (C=N–C) groups is 1. The molecule has 0 saturated carbocycles. The summed E-state index contributed by atoms with van der Waals surface area (Å²) >= 11 is 0. The van der Waals surface area contributed by atoms with Crippen LogP contribution >= 0.6 is 24.0 Å². The second-order valence-corrected chi connectivity index (χ2v) is 7.20. The fourth-order valence-electron chi connectivity index (χ4n) is 3.60. The zero-order chi connectivity index (χ0) is 21.6. The van der Waals surface area contributed by atoms with Crippen LogP contribution in [0.2, 0.25) is 0 Å². The van der Waals surface area contributed by atoms with E-state index in [1.165, 1.54) is 13.2 Å². The van der Waals surface area contributed by atoms with Crippen LogP contribution in [0.5, 0.6) is 11.5 Å². The fraction of sp³-hybridized carbons (Fsp3) is 0.650. The van der Waals surface area contributed by atoms with Crippen LogP contribution in [0.15, 0.2) is 23.2 Å². The van der Waals surface area contributed by atoms with Crippen molar-refractivity contribution in [2.45, 2.75) is 37.8 Å². The van der Waals surface area contributed by atoms with E-state index < -0.39 is 12.8 Å². The zero-order valence-electron chi connectivity index (χ0n) is 17.6. The standard InChI is InChI=1S/C20H28F3N3O4.HI/c1-24-19(26-7-9-29-18(12-26)15-4-3-8-28-15)25-11-14-5-6-16(17(10-14)27-2)30-13-20(21,22)23;/h5-6,10,15,18H,3-4,7-9,11-13H2,1-2H3,(H,24,25);1H. The highest BCUT2D eigenvalue weighted by Gasteiger charge is 2.32. The minimum atomic E-state index is -4.41. The summed E-state index contributed by atoms with van der Waals surface area (Å²) in [6.07, 6.45) is -2.20. The molecule has 7 nitrogen and oxygen atoms in total. The highest BCUT2D eigenvalue weighted by Crippen LogP contribution is 2.30. The van der Waals surface area contributed by atoms with Crippen LogP contribution in [0.25, 0.3) is 0 Å². The van der Waals surface area contributed by atoms with Gasteiger partial charge in [-0.25, -0.2) is 0 Å². The second-order valence-electron chi connectivity index (χ2n) is 7.20. The average Bonchev–Trinajstić information content (AvgIpc) is 3.27. The van der Waals surface area contributed by atoms with Gasteiger partial charge >= 0.3 is 6.18 Å². The van der Waals surface area contributed by atoms with Gasteiger partial charge in [0.1, 0.15) is 6.10 Å². The minimum absolute atomic E-state index is 0. The Bertz CT molecular complexity index is 730. The predicted octanol–water partition coefficient (Wildman–Crippen LogP) is 3.21. The molecule has 3 rings (SSSR count). The van der Waals surface area contributed by atoms with Crippen molar-refractivity contribution in [1.82, 2.24) is 10.2 Å². The van der Waals surface area contributed by atoms with Crippen molar-refractivity contribution >= 4 is 29.9 Å². The number of guanidine groups is 1. The Morgan fingerprint density at radius 2 is 2.00 bits per heavy atom. The third-order valence-corrected chi connectivity index (χ3v) is 5.05. The molecule has 31 heavy (non-hydrogen) atoms. The Labute approximate surface area is 197 Å². The summed E-state index contributed by atoms with van der Waals surface area (Å²) in [5.41, 5.74) is 0.830. The summed E-state index contributed by atoms with van der Waals surface area (Å²) in [6.45, 7) is 1.86. The number of hydrogen-bond donors (Lipinski definition) is 1. The van der Waals surface area contributed by atoms with E-state index in [0.717, 1.165) is 37.5 Å². The largest absolute Gasteiger partial charge is 0.493 e. The van der Waals surface area contributed by atoms with Gasteiger partial charge in [0.15, 0.2) is 24.1 Å². The first-order chi connectivity index (χ1) is 14.4. The van der Waals surface area contributed by atoms with Crippen LogP contribution in [0, 0.1) is 0 Å². The lowest BCUT2D eigenvalue weighted by atomic mass is 10.1. The SMILES string of the molecule is CN=C(NCc1ccc(OCC(F)(F)F)c(OC)c1)N1CCOC(C2CCCO2)C1.I. The Hall–Kier alpha value is -1.47. The molecule has 2 fully saturated rings. The van der Waals surface area contributed by atoms with Gasteiger partial charge in [-0.2, -0.15) is 13.2 Å². The van der Waals surface area contributed by atoms with Crippen molar-refractivity contribution < 1.29 is 32.1 Å². The molecule has 1 aromatic carbocycles. The topological polar surface area (TPSA) is 64.6 Å². The normalized spacial score (nSPS) is 22.1. The van der Waals surface area contributed by atoms with Crippen LogP contribution in [0.3, 0.4) is 0 Å². The van der Waals surface area contributed by atoms with Gasteiger partial charge in [-0.3, -0.25) is 4.99 Å². The maximum Gasteiger partial charge on any atom is 0.422 e. The van der Waals surface area contributed by atoms with Crippen molar-refractivity contribution in [2.75, 3.05) is 47.1 Å². The van der Waals surface area contributed by atoms with E-state index >= 15 is 0 Å². The highest BCUT2D eigenvalue weighted by atomic mass is 127. The van der Waals surface area contributed by atoms with Crippen molar-refractivity contribution in [1.29, 1.82) is 0 Å². The van der Waals surface area contributed by atoms with Gasteiger partial charge in [0.25, 0.3) is 0 Å². The fourth-order valence-corrected chi connectivity index (χ4v) is 3.60.